The summed E-state index contributed by atoms with van der Waals surface area (Å²) in [6.45, 7) is 2.67. The number of pyridine rings is 1. The van der Waals surface area contributed by atoms with E-state index in [9.17, 15) is 8.78 Å². The van der Waals surface area contributed by atoms with E-state index < -0.39 is 11.7 Å². The molecule has 0 bridgehead atoms. The summed E-state index contributed by atoms with van der Waals surface area (Å²) in [5.41, 5.74) is 2.70. The maximum atomic E-state index is 14.1. The third kappa shape index (κ3) is 2.88. The second kappa shape index (κ2) is 5.82. The predicted molar refractivity (Wildman–Crippen MR) is 96.9 cm³/mol. The fraction of sp³-hybridized carbons (Fsp3) is 0.526. The van der Waals surface area contributed by atoms with Gasteiger partial charge in [0.1, 0.15) is 11.0 Å². The lowest BCUT2D eigenvalue weighted by atomic mass is 10.0. The highest BCUT2D eigenvalue weighted by Gasteiger charge is 2.52. The van der Waals surface area contributed by atoms with Crippen molar-refractivity contribution in [3.63, 3.8) is 0 Å². The van der Waals surface area contributed by atoms with Crippen molar-refractivity contribution in [2.75, 3.05) is 24.7 Å². The van der Waals surface area contributed by atoms with Crippen molar-refractivity contribution < 1.29 is 13.5 Å². The molecule has 0 radical (unpaired) electrons. The summed E-state index contributed by atoms with van der Waals surface area (Å²) >= 11 is 6.12. The molecule has 1 atom stereocenters. The number of alkyl halides is 2. The number of hydrogen-bond acceptors (Lipinski definition) is 5. The van der Waals surface area contributed by atoms with Crippen LogP contribution < -0.4 is 4.90 Å². The van der Waals surface area contributed by atoms with E-state index in [1.165, 1.54) is 0 Å². The van der Waals surface area contributed by atoms with Crippen LogP contribution in [0, 0.1) is 0 Å². The Morgan fingerprint density at radius 3 is 2.78 bits per heavy atom. The number of ether oxygens (including phenoxy) is 1. The van der Waals surface area contributed by atoms with Crippen LogP contribution >= 0.6 is 11.6 Å². The molecule has 5 rings (SSSR count). The molecule has 1 saturated carbocycles. The van der Waals surface area contributed by atoms with E-state index >= 15 is 0 Å². The zero-order chi connectivity index (χ0) is 18.8. The highest BCUT2D eigenvalue weighted by Crippen LogP contribution is 2.58. The minimum atomic E-state index is -3.11. The van der Waals surface area contributed by atoms with E-state index in [0.29, 0.717) is 36.4 Å². The number of fused-ring (bicyclic) bond motifs is 2. The Kier molecular flexibility index (Phi) is 3.72. The third-order valence-electron chi connectivity index (χ3n) is 5.77. The second-order valence-electron chi connectivity index (χ2n) is 7.81. The van der Waals surface area contributed by atoms with Gasteiger partial charge < -0.3 is 9.64 Å². The molecule has 2 aromatic rings. The first-order chi connectivity index (χ1) is 12.9. The maximum Gasteiger partial charge on any atom is 0.303 e. The van der Waals surface area contributed by atoms with E-state index in [4.69, 9.17) is 16.3 Å². The fourth-order valence-electron chi connectivity index (χ4n) is 4.07. The van der Waals surface area contributed by atoms with E-state index in [1.54, 1.807) is 6.07 Å². The van der Waals surface area contributed by atoms with E-state index in [0.717, 1.165) is 37.4 Å². The molecule has 0 N–H and O–H groups in total. The van der Waals surface area contributed by atoms with E-state index in [2.05, 4.69) is 15.0 Å². The van der Waals surface area contributed by atoms with Crippen molar-refractivity contribution in [2.24, 2.45) is 0 Å². The molecule has 5 nitrogen and oxygen atoms in total. The van der Waals surface area contributed by atoms with Crippen molar-refractivity contribution in [2.45, 2.75) is 43.4 Å². The Bertz CT molecular complexity index is 907. The van der Waals surface area contributed by atoms with Gasteiger partial charge in [-0.1, -0.05) is 11.6 Å². The van der Waals surface area contributed by atoms with Crippen LogP contribution in [0.4, 0.5) is 20.3 Å². The Hall–Kier alpha value is -1.86. The highest BCUT2D eigenvalue weighted by molar-refractivity contribution is 6.29. The van der Waals surface area contributed by atoms with Gasteiger partial charge in [0.15, 0.2) is 0 Å². The minimum Gasteiger partial charge on any atom is -0.381 e. The summed E-state index contributed by atoms with van der Waals surface area (Å²) in [5, 5.41) is 0.385. The van der Waals surface area contributed by atoms with Crippen LogP contribution in [0.1, 0.15) is 49.2 Å². The summed E-state index contributed by atoms with van der Waals surface area (Å²) in [5.74, 6) is -3.04. The van der Waals surface area contributed by atoms with Gasteiger partial charge >= 0.3 is 5.92 Å². The summed E-state index contributed by atoms with van der Waals surface area (Å²) < 4.78 is 33.6. The lowest BCUT2D eigenvalue weighted by Gasteiger charge is -2.22. The molecule has 142 valence electrons. The molecule has 2 fully saturated rings. The van der Waals surface area contributed by atoms with Gasteiger partial charge in [-0.05, 0) is 25.3 Å². The number of hydrogen-bond donors (Lipinski definition) is 0. The van der Waals surface area contributed by atoms with Crippen molar-refractivity contribution in [3.8, 4) is 0 Å². The maximum absolute atomic E-state index is 14.1. The molecule has 1 spiro atoms. The zero-order valence-corrected chi connectivity index (χ0v) is 15.6. The highest BCUT2D eigenvalue weighted by atomic mass is 35.5. The normalized spacial score (nSPS) is 23.1. The lowest BCUT2D eigenvalue weighted by molar-refractivity contribution is 0.00747. The van der Waals surface area contributed by atoms with Gasteiger partial charge in [-0.15, -0.1) is 0 Å². The number of aromatic nitrogens is 3. The van der Waals surface area contributed by atoms with E-state index in [1.807, 2.05) is 17.2 Å². The first-order valence-electron chi connectivity index (χ1n) is 9.14. The van der Waals surface area contributed by atoms with Crippen LogP contribution in [0.2, 0.25) is 5.15 Å². The number of anilines is 2. The zero-order valence-electron chi connectivity index (χ0n) is 14.9. The summed E-state index contributed by atoms with van der Waals surface area (Å²) in [6, 6.07) is 3.63. The van der Waals surface area contributed by atoms with Crippen LogP contribution in [0.25, 0.3) is 0 Å². The molecule has 0 aromatic carbocycles. The van der Waals surface area contributed by atoms with Crippen molar-refractivity contribution in [1.82, 2.24) is 15.0 Å². The fourth-order valence-corrected chi connectivity index (χ4v) is 4.22. The Balaban J connectivity index is 1.63. The smallest absolute Gasteiger partial charge is 0.303 e. The number of rotatable bonds is 3. The molecule has 3 aliphatic rings. The SMILES string of the molecule is CC(F)(F)c1nc(C2CCOC2)cc(N2CC3(CC3)c3cnc(Cl)cc32)n1. The molecule has 8 heteroatoms. The van der Waals surface area contributed by atoms with E-state index in [-0.39, 0.29) is 11.3 Å². The van der Waals surface area contributed by atoms with Crippen LogP contribution in [-0.2, 0) is 16.1 Å². The molecule has 0 amide bonds. The Morgan fingerprint density at radius 2 is 2.11 bits per heavy atom. The molecular formula is C19H19ClF2N4O. The van der Waals surface area contributed by atoms with Crippen molar-refractivity contribution >= 4 is 23.1 Å². The Morgan fingerprint density at radius 1 is 1.30 bits per heavy atom. The van der Waals surface area contributed by atoms with Crippen LogP contribution in [0.15, 0.2) is 18.3 Å². The largest absolute Gasteiger partial charge is 0.381 e. The molecule has 1 aliphatic carbocycles. The summed E-state index contributed by atoms with van der Waals surface area (Å²) in [4.78, 5) is 14.6. The standard InChI is InChI=1S/C19H19ClF2N4O/c1-18(21,22)17-24-13(11-2-5-27-9-11)6-16(25-17)26-10-19(3-4-19)12-8-23-15(20)7-14(12)26/h6-8,11H,2-5,9-10H2,1H3. The van der Waals surface area contributed by atoms with Gasteiger partial charge in [0.05, 0.1) is 18.0 Å². The lowest BCUT2D eigenvalue weighted by Crippen LogP contribution is -2.23. The molecule has 2 aliphatic heterocycles. The molecular weight excluding hydrogens is 374 g/mol. The summed E-state index contributed by atoms with van der Waals surface area (Å²) in [6.07, 6.45) is 4.71. The molecule has 2 aromatic heterocycles. The van der Waals surface area contributed by atoms with Gasteiger partial charge in [-0.25, -0.2) is 15.0 Å². The molecule has 4 heterocycles. The third-order valence-corrected chi connectivity index (χ3v) is 5.98. The van der Waals surface area contributed by atoms with Gasteiger partial charge in [0.2, 0.25) is 5.82 Å². The number of nitrogens with zero attached hydrogens (tertiary/aromatic N) is 4. The van der Waals surface area contributed by atoms with Crippen LogP contribution in [0.5, 0.6) is 0 Å². The molecule has 1 unspecified atom stereocenters. The molecule has 27 heavy (non-hydrogen) atoms. The van der Waals surface area contributed by atoms with Crippen LogP contribution in [-0.4, -0.2) is 34.7 Å². The van der Waals surface area contributed by atoms with Crippen molar-refractivity contribution in [1.29, 1.82) is 0 Å². The first-order valence-corrected chi connectivity index (χ1v) is 9.52. The minimum absolute atomic E-state index is 0.0193. The molecule has 1 saturated heterocycles. The monoisotopic (exact) mass is 392 g/mol. The topological polar surface area (TPSA) is 51.1 Å². The predicted octanol–water partition coefficient (Wildman–Crippen LogP) is 4.32. The van der Waals surface area contributed by atoms with Gasteiger partial charge in [0.25, 0.3) is 0 Å². The average Bonchev–Trinajstić information content (AvgIpc) is 3.07. The van der Waals surface area contributed by atoms with Crippen LogP contribution in [0.3, 0.4) is 0 Å². The number of halogens is 3. The van der Waals surface area contributed by atoms with Gasteiger partial charge in [0, 0.05) is 49.2 Å². The Labute approximate surface area is 160 Å². The first kappa shape index (κ1) is 17.3. The summed E-state index contributed by atoms with van der Waals surface area (Å²) in [7, 11) is 0. The quantitative estimate of drug-likeness (QED) is 0.728. The second-order valence-corrected chi connectivity index (χ2v) is 8.20. The van der Waals surface area contributed by atoms with Gasteiger partial charge in [-0.3, -0.25) is 0 Å². The van der Waals surface area contributed by atoms with Crippen molar-refractivity contribution in [3.05, 3.63) is 40.6 Å². The average molecular weight is 393 g/mol. The van der Waals surface area contributed by atoms with Gasteiger partial charge in [-0.2, -0.15) is 8.78 Å².